The molecule has 0 radical (unpaired) electrons. The SMILES string of the molecule is C=C1CCCC1CC(=C)C1CCCC(C)C1. The van der Waals surface area contributed by atoms with E-state index in [-0.39, 0.29) is 0 Å². The number of rotatable bonds is 3. The first-order valence-electron chi connectivity index (χ1n) is 7.02. The lowest BCUT2D eigenvalue weighted by atomic mass is 9.76. The van der Waals surface area contributed by atoms with Crippen molar-refractivity contribution in [3.63, 3.8) is 0 Å². The molecule has 0 aromatic carbocycles. The molecule has 2 aliphatic carbocycles. The zero-order valence-corrected chi connectivity index (χ0v) is 10.8. The van der Waals surface area contributed by atoms with Crippen LogP contribution in [-0.2, 0) is 0 Å². The summed E-state index contributed by atoms with van der Waals surface area (Å²) in [6.45, 7) is 11.0. The van der Waals surface area contributed by atoms with Crippen LogP contribution in [0.5, 0.6) is 0 Å². The van der Waals surface area contributed by atoms with Crippen molar-refractivity contribution >= 4 is 0 Å². The van der Waals surface area contributed by atoms with Gasteiger partial charge in [-0.25, -0.2) is 0 Å². The van der Waals surface area contributed by atoms with Gasteiger partial charge in [0, 0.05) is 0 Å². The summed E-state index contributed by atoms with van der Waals surface area (Å²) in [5.41, 5.74) is 3.02. The lowest BCUT2D eigenvalue weighted by Crippen LogP contribution is -2.16. The van der Waals surface area contributed by atoms with Gasteiger partial charge in [-0.3, -0.25) is 0 Å². The van der Waals surface area contributed by atoms with Gasteiger partial charge in [0.15, 0.2) is 0 Å². The van der Waals surface area contributed by atoms with Crippen LogP contribution < -0.4 is 0 Å². The smallest absolute Gasteiger partial charge is 0.0169 e. The lowest BCUT2D eigenvalue weighted by molar-refractivity contribution is 0.306. The monoisotopic (exact) mass is 218 g/mol. The fourth-order valence-corrected chi connectivity index (χ4v) is 3.52. The molecule has 0 nitrogen and oxygen atoms in total. The third kappa shape index (κ3) is 2.78. The van der Waals surface area contributed by atoms with Gasteiger partial charge in [0.1, 0.15) is 0 Å². The maximum Gasteiger partial charge on any atom is -0.0169 e. The molecule has 3 atom stereocenters. The minimum absolute atomic E-state index is 0.768. The molecule has 0 N–H and O–H groups in total. The third-order valence-electron chi connectivity index (χ3n) is 4.65. The van der Waals surface area contributed by atoms with Gasteiger partial charge in [0.2, 0.25) is 0 Å². The largest absolute Gasteiger partial charge is 0.0996 e. The zero-order chi connectivity index (χ0) is 11.5. The molecule has 2 fully saturated rings. The van der Waals surface area contributed by atoms with E-state index in [9.17, 15) is 0 Å². The highest BCUT2D eigenvalue weighted by Crippen LogP contribution is 2.39. The Hall–Kier alpha value is -0.520. The number of allylic oxidation sites excluding steroid dienone is 2. The van der Waals surface area contributed by atoms with Crippen molar-refractivity contribution in [1.82, 2.24) is 0 Å². The van der Waals surface area contributed by atoms with Gasteiger partial charge in [-0.2, -0.15) is 0 Å². The van der Waals surface area contributed by atoms with Crippen molar-refractivity contribution < 1.29 is 0 Å². The van der Waals surface area contributed by atoms with Crippen molar-refractivity contribution in [1.29, 1.82) is 0 Å². The van der Waals surface area contributed by atoms with Crippen LogP contribution in [0.3, 0.4) is 0 Å². The summed E-state index contributed by atoms with van der Waals surface area (Å²) in [5.74, 6) is 2.50. The number of hydrogen-bond acceptors (Lipinski definition) is 0. The van der Waals surface area contributed by atoms with Crippen molar-refractivity contribution in [2.24, 2.45) is 17.8 Å². The second-order valence-corrected chi connectivity index (χ2v) is 6.08. The highest BCUT2D eigenvalue weighted by molar-refractivity contribution is 5.13. The molecule has 0 heteroatoms. The van der Waals surface area contributed by atoms with Gasteiger partial charge in [-0.15, -0.1) is 0 Å². The van der Waals surface area contributed by atoms with E-state index in [2.05, 4.69) is 20.1 Å². The second-order valence-electron chi connectivity index (χ2n) is 6.08. The predicted octanol–water partition coefficient (Wildman–Crippen LogP) is 5.12. The van der Waals surface area contributed by atoms with E-state index in [4.69, 9.17) is 0 Å². The van der Waals surface area contributed by atoms with Crippen LogP contribution in [0.25, 0.3) is 0 Å². The normalized spacial score (nSPS) is 35.3. The fourth-order valence-electron chi connectivity index (χ4n) is 3.52. The summed E-state index contributed by atoms with van der Waals surface area (Å²) in [6.07, 6.45) is 10.8. The van der Waals surface area contributed by atoms with E-state index in [1.807, 2.05) is 0 Å². The van der Waals surface area contributed by atoms with Gasteiger partial charge in [0.25, 0.3) is 0 Å². The molecule has 3 unspecified atom stereocenters. The molecule has 0 aromatic rings. The highest BCUT2D eigenvalue weighted by atomic mass is 14.3. The Labute approximate surface area is 101 Å². The molecule has 0 spiro atoms. The number of hydrogen-bond donors (Lipinski definition) is 0. The lowest BCUT2D eigenvalue weighted by Gasteiger charge is -2.29. The van der Waals surface area contributed by atoms with E-state index < -0.39 is 0 Å². The topological polar surface area (TPSA) is 0 Å². The maximum absolute atomic E-state index is 4.37. The van der Waals surface area contributed by atoms with Gasteiger partial charge in [-0.1, -0.05) is 44.1 Å². The molecule has 0 aliphatic heterocycles. The van der Waals surface area contributed by atoms with Crippen molar-refractivity contribution in [3.8, 4) is 0 Å². The first-order chi connectivity index (χ1) is 7.66. The van der Waals surface area contributed by atoms with E-state index in [0.29, 0.717) is 0 Å². The Morgan fingerprint density at radius 1 is 1.25 bits per heavy atom. The van der Waals surface area contributed by atoms with E-state index >= 15 is 0 Å². The summed E-state index contributed by atoms with van der Waals surface area (Å²) in [5, 5.41) is 0. The minimum atomic E-state index is 0.768. The second kappa shape index (κ2) is 5.21. The Morgan fingerprint density at radius 3 is 2.69 bits per heavy atom. The molecule has 0 saturated heterocycles. The van der Waals surface area contributed by atoms with Crippen LogP contribution in [0.15, 0.2) is 24.3 Å². The molecule has 0 aromatic heterocycles. The van der Waals surface area contributed by atoms with Crippen LogP contribution in [0.2, 0.25) is 0 Å². The summed E-state index contributed by atoms with van der Waals surface area (Å²) < 4.78 is 0. The molecule has 2 saturated carbocycles. The highest BCUT2D eigenvalue weighted by Gasteiger charge is 2.25. The van der Waals surface area contributed by atoms with Crippen LogP contribution in [0.4, 0.5) is 0 Å². The van der Waals surface area contributed by atoms with Gasteiger partial charge >= 0.3 is 0 Å². The van der Waals surface area contributed by atoms with Crippen molar-refractivity contribution in [3.05, 3.63) is 24.3 Å². The van der Waals surface area contributed by atoms with Crippen LogP contribution in [0, 0.1) is 17.8 Å². The molecular weight excluding hydrogens is 192 g/mol. The van der Waals surface area contributed by atoms with Gasteiger partial charge < -0.3 is 0 Å². The Bertz CT molecular complexity index is 274. The van der Waals surface area contributed by atoms with Crippen LogP contribution in [0.1, 0.15) is 58.3 Å². The van der Waals surface area contributed by atoms with Crippen LogP contribution >= 0.6 is 0 Å². The first kappa shape index (κ1) is 12.0. The maximum atomic E-state index is 4.37. The minimum Gasteiger partial charge on any atom is -0.0996 e. The molecular formula is C16H26. The summed E-state index contributed by atoms with van der Waals surface area (Å²) in [7, 11) is 0. The third-order valence-corrected chi connectivity index (χ3v) is 4.65. The quantitative estimate of drug-likeness (QED) is 0.577. The van der Waals surface area contributed by atoms with Gasteiger partial charge in [0.05, 0.1) is 0 Å². The van der Waals surface area contributed by atoms with E-state index in [1.54, 1.807) is 0 Å². The first-order valence-corrected chi connectivity index (χ1v) is 7.02. The Morgan fingerprint density at radius 2 is 2.06 bits per heavy atom. The zero-order valence-electron chi connectivity index (χ0n) is 10.8. The Balaban J connectivity index is 1.85. The predicted molar refractivity (Wildman–Crippen MR) is 71.4 cm³/mol. The molecule has 0 bridgehead atoms. The summed E-state index contributed by atoms with van der Waals surface area (Å²) in [4.78, 5) is 0. The summed E-state index contributed by atoms with van der Waals surface area (Å²) in [6, 6.07) is 0. The fraction of sp³-hybridized carbons (Fsp3) is 0.750. The molecule has 0 heterocycles. The molecule has 0 amide bonds. The molecule has 2 rings (SSSR count). The average Bonchev–Trinajstić information content (AvgIpc) is 2.64. The molecule has 16 heavy (non-hydrogen) atoms. The van der Waals surface area contributed by atoms with Crippen LogP contribution in [-0.4, -0.2) is 0 Å². The summed E-state index contributed by atoms with van der Waals surface area (Å²) >= 11 is 0. The standard InChI is InChI=1S/C16H26/c1-12-6-4-8-15(10-12)14(3)11-16-9-5-7-13(16)2/h12,15-16H,2-11H2,1H3. The van der Waals surface area contributed by atoms with Crippen molar-refractivity contribution in [2.45, 2.75) is 58.3 Å². The van der Waals surface area contributed by atoms with Gasteiger partial charge in [-0.05, 0) is 56.3 Å². The molecule has 2 aliphatic rings. The van der Waals surface area contributed by atoms with E-state index in [1.165, 1.54) is 62.5 Å². The Kier molecular flexibility index (Phi) is 3.89. The average molecular weight is 218 g/mol. The molecule has 90 valence electrons. The van der Waals surface area contributed by atoms with E-state index in [0.717, 1.165) is 17.8 Å². The van der Waals surface area contributed by atoms with Crippen molar-refractivity contribution in [2.75, 3.05) is 0 Å².